The SMILES string of the molecule is COc1cccc(C(OC(C)=O)(c2ccccc2)C(SC)S(C)=O)c1. The van der Waals surface area contributed by atoms with Crippen LogP contribution < -0.4 is 4.74 Å². The highest BCUT2D eigenvalue weighted by molar-refractivity contribution is 8.10. The molecule has 0 bridgehead atoms. The van der Waals surface area contributed by atoms with Crippen LogP contribution in [-0.4, -0.2) is 34.4 Å². The summed E-state index contributed by atoms with van der Waals surface area (Å²) in [4.78, 5) is 12.0. The molecule has 0 radical (unpaired) electrons. The third-order valence-electron chi connectivity index (χ3n) is 3.85. The van der Waals surface area contributed by atoms with Crippen molar-refractivity contribution in [3.05, 3.63) is 65.7 Å². The lowest BCUT2D eigenvalue weighted by atomic mass is 9.87. The van der Waals surface area contributed by atoms with Crippen LogP contribution in [0.15, 0.2) is 54.6 Å². The normalized spacial score (nSPS) is 15.7. The van der Waals surface area contributed by atoms with E-state index in [0.29, 0.717) is 5.75 Å². The van der Waals surface area contributed by atoms with E-state index < -0.39 is 27.0 Å². The summed E-state index contributed by atoms with van der Waals surface area (Å²) < 4.78 is 23.3. The summed E-state index contributed by atoms with van der Waals surface area (Å²) >= 11 is 1.41. The summed E-state index contributed by atoms with van der Waals surface area (Å²) in [6.45, 7) is 1.37. The minimum atomic E-state index is -1.25. The van der Waals surface area contributed by atoms with Crippen LogP contribution in [0.25, 0.3) is 0 Å². The molecule has 0 aromatic heterocycles. The van der Waals surface area contributed by atoms with Gasteiger partial charge in [0.2, 0.25) is 0 Å². The number of carbonyl (C=O) groups excluding carboxylic acids is 1. The van der Waals surface area contributed by atoms with Gasteiger partial charge in [0.1, 0.15) is 10.3 Å². The van der Waals surface area contributed by atoms with Gasteiger partial charge < -0.3 is 9.47 Å². The van der Waals surface area contributed by atoms with Gasteiger partial charge in [0, 0.05) is 35.1 Å². The Bertz CT molecular complexity index is 748. The number of hydrogen-bond donors (Lipinski definition) is 0. The Morgan fingerprint density at radius 1 is 1.12 bits per heavy atom. The second-order valence-corrected chi connectivity index (χ2v) is 8.20. The van der Waals surface area contributed by atoms with Crippen molar-refractivity contribution in [3.63, 3.8) is 0 Å². The maximum Gasteiger partial charge on any atom is 0.303 e. The fourth-order valence-corrected chi connectivity index (χ4v) is 5.43. The molecule has 4 nitrogen and oxygen atoms in total. The van der Waals surface area contributed by atoms with Gasteiger partial charge in [-0.05, 0) is 18.4 Å². The average molecular weight is 379 g/mol. The molecule has 25 heavy (non-hydrogen) atoms. The first-order valence-electron chi connectivity index (χ1n) is 7.70. The van der Waals surface area contributed by atoms with Gasteiger partial charge in [0.25, 0.3) is 0 Å². The fraction of sp³-hybridized carbons (Fsp3) is 0.316. The van der Waals surface area contributed by atoms with Gasteiger partial charge in [-0.2, -0.15) is 0 Å². The van der Waals surface area contributed by atoms with Gasteiger partial charge in [-0.3, -0.25) is 9.00 Å². The first-order chi connectivity index (χ1) is 12.0. The molecule has 0 heterocycles. The van der Waals surface area contributed by atoms with Crippen LogP contribution in [0.5, 0.6) is 5.75 Å². The first-order valence-corrected chi connectivity index (χ1v) is 10.6. The van der Waals surface area contributed by atoms with Crippen molar-refractivity contribution in [2.75, 3.05) is 19.6 Å². The van der Waals surface area contributed by atoms with Crippen LogP contribution in [0.3, 0.4) is 0 Å². The molecule has 2 aromatic rings. The second kappa shape index (κ2) is 8.54. The van der Waals surface area contributed by atoms with Gasteiger partial charge in [-0.15, -0.1) is 11.8 Å². The van der Waals surface area contributed by atoms with Gasteiger partial charge in [-0.1, -0.05) is 42.5 Å². The molecule has 0 spiro atoms. The Hall–Kier alpha value is -1.79. The molecule has 0 saturated heterocycles. The van der Waals surface area contributed by atoms with Gasteiger partial charge in [-0.25, -0.2) is 0 Å². The Labute approximate surface area is 155 Å². The maximum absolute atomic E-state index is 12.6. The van der Waals surface area contributed by atoms with E-state index in [4.69, 9.17) is 9.47 Å². The van der Waals surface area contributed by atoms with E-state index in [1.54, 1.807) is 13.4 Å². The predicted octanol–water partition coefficient (Wildman–Crippen LogP) is 3.57. The van der Waals surface area contributed by atoms with Crippen LogP contribution in [-0.2, 0) is 25.9 Å². The minimum Gasteiger partial charge on any atom is -0.497 e. The van der Waals surface area contributed by atoms with E-state index in [1.807, 2.05) is 60.9 Å². The third-order valence-corrected chi connectivity index (χ3v) is 6.94. The van der Waals surface area contributed by atoms with Crippen LogP contribution >= 0.6 is 11.8 Å². The van der Waals surface area contributed by atoms with Crippen LogP contribution in [0.2, 0.25) is 0 Å². The predicted molar refractivity (Wildman–Crippen MR) is 103 cm³/mol. The van der Waals surface area contributed by atoms with Gasteiger partial charge >= 0.3 is 5.97 Å². The second-order valence-electron chi connectivity index (χ2n) is 5.49. The van der Waals surface area contributed by atoms with Gasteiger partial charge in [0.05, 0.1) is 7.11 Å². The number of benzene rings is 2. The lowest BCUT2D eigenvalue weighted by Crippen LogP contribution is -2.44. The Balaban J connectivity index is 2.82. The number of methoxy groups -OCH3 is 1. The Kier molecular flexibility index (Phi) is 6.67. The third kappa shape index (κ3) is 4.07. The van der Waals surface area contributed by atoms with Crippen molar-refractivity contribution in [1.82, 2.24) is 0 Å². The molecule has 0 amide bonds. The number of ether oxygens (including phenoxy) is 2. The highest BCUT2D eigenvalue weighted by atomic mass is 32.2. The molecule has 6 heteroatoms. The molecule has 3 unspecified atom stereocenters. The molecule has 0 aliphatic carbocycles. The molecule has 2 rings (SSSR count). The summed E-state index contributed by atoms with van der Waals surface area (Å²) in [7, 11) is 0.329. The molecule has 0 aliphatic heterocycles. The molecule has 0 N–H and O–H groups in total. The van der Waals surface area contributed by atoms with E-state index in [9.17, 15) is 9.00 Å². The monoisotopic (exact) mass is 378 g/mol. The number of esters is 1. The largest absolute Gasteiger partial charge is 0.497 e. The molecular formula is C19H22O4S2. The summed E-state index contributed by atoms with van der Waals surface area (Å²) in [5, 5.41) is 0. The molecule has 0 fully saturated rings. The Morgan fingerprint density at radius 3 is 2.28 bits per heavy atom. The first kappa shape index (κ1) is 19.5. The summed E-state index contributed by atoms with van der Waals surface area (Å²) in [5.74, 6) is 0.211. The molecule has 134 valence electrons. The molecule has 0 saturated carbocycles. The van der Waals surface area contributed by atoms with E-state index >= 15 is 0 Å². The quantitative estimate of drug-likeness (QED) is 0.690. The van der Waals surface area contributed by atoms with Crippen molar-refractivity contribution in [2.24, 2.45) is 0 Å². The van der Waals surface area contributed by atoms with Gasteiger partial charge in [0.15, 0.2) is 5.60 Å². The van der Waals surface area contributed by atoms with E-state index in [1.165, 1.54) is 18.7 Å². The Morgan fingerprint density at radius 2 is 1.76 bits per heavy atom. The number of thioether (sulfide) groups is 1. The minimum absolute atomic E-state index is 0.434. The van der Waals surface area contributed by atoms with Crippen LogP contribution in [0, 0.1) is 0 Å². The van der Waals surface area contributed by atoms with Crippen molar-refractivity contribution >= 4 is 28.5 Å². The van der Waals surface area contributed by atoms with E-state index in [-0.39, 0.29) is 0 Å². The van der Waals surface area contributed by atoms with Crippen molar-refractivity contribution in [2.45, 2.75) is 17.1 Å². The molecule has 2 aromatic carbocycles. The van der Waals surface area contributed by atoms with Crippen molar-refractivity contribution in [1.29, 1.82) is 0 Å². The summed E-state index contributed by atoms with van der Waals surface area (Å²) in [6.07, 6.45) is 3.50. The zero-order valence-electron chi connectivity index (χ0n) is 14.7. The van der Waals surface area contributed by atoms with Crippen LogP contribution in [0.4, 0.5) is 0 Å². The number of rotatable bonds is 7. The fourth-order valence-electron chi connectivity index (χ4n) is 2.91. The summed E-state index contributed by atoms with van der Waals surface area (Å²) in [6, 6.07) is 16.8. The zero-order chi connectivity index (χ0) is 18.4. The average Bonchev–Trinajstić information content (AvgIpc) is 2.61. The molecule has 0 aliphatic rings. The topological polar surface area (TPSA) is 52.6 Å². The van der Waals surface area contributed by atoms with Crippen LogP contribution in [0.1, 0.15) is 18.1 Å². The highest BCUT2D eigenvalue weighted by Crippen LogP contribution is 2.44. The van der Waals surface area contributed by atoms with E-state index in [2.05, 4.69) is 0 Å². The highest BCUT2D eigenvalue weighted by Gasteiger charge is 2.47. The van der Waals surface area contributed by atoms with E-state index in [0.717, 1.165) is 11.1 Å². The number of hydrogen-bond acceptors (Lipinski definition) is 5. The zero-order valence-corrected chi connectivity index (χ0v) is 16.4. The molecule has 3 atom stereocenters. The lowest BCUT2D eigenvalue weighted by Gasteiger charge is -2.39. The van der Waals surface area contributed by atoms with Crippen molar-refractivity contribution < 1.29 is 18.5 Å². The maximum atomic E-state index is 12.6. The standard InChI is InChI=1S/C19H22O4S2/c1-14(20)23-19(18(24-3)25(4)21,15-9-6-5-7-10-15)16-11-8-12-17(13-16)22-2/h5-13,18H,1-4H3. The van der Waals surface area contributed by atoms with Crippen molar-refractivity contribution in [3.8, 4) is 5.75 Å². The molecular weight excluding hydrogens is 356 g/mol. The lowest BCUT2D eigenvalue weighted by molar-refractivity contribution is -0.152. The smallest absolute Gasteiger partial charge is 0.303 e. The number of carbonyl (C=O) groups is 1. The summed E-state index contributed by atoms with van der Waals surface area (Å²) in [5.41, 5.74) is 0.316.